The minimum Gasteiger partial charge on any atom is -0.494 e. The highest BCUT2D eigenvalue weighted by atomic mass is 16.6. The number of benzene rings is 2. The number of aliphatic carboxylic acids is 1. The predicted molar refractivity (Wildman–Crippen MR) is 107 cm³/mol. The molecule has 29 heavy (non-hydrogen) atoms. The molecule has 0 aromatic heterocycles. The number of nitrogens with one attached hydrogen (secondary N) is 2. The summed E-state index contributed by atoms with van der Waals surface area (Å²) in [6, 6.07) is 12.5. The van der Waals surface area contributed by atoms with E-state index >= 15 is 0 Å². The van der Waals surface area contributed by atoms with Gasteiger partial charge in [-0.2, -0.15) is 0 Å². The van der Waals surface area contributed by atoms with Crippen LogP contribution in [0.1, 0.15) is 18.9 Å². The van der Waals surface area contributed by atoms with Crippen LogP contribution in [0.5, 0.6) is 5.75 Å². The molecule has 154 valence electrons. The molecular formula is C20H23N3O6. The predicted octanol–water partition coefficient (Wildman–Crippen LogP) is 2.61. The number of nitro groups is 1. The van der Waals surface area contributed by atoms with E-state index in [2.05, 4.69) is 10.6 Å². The summed E-state index contributed by atoms with van der Waals surface area (Å²) >= 11 is 0. The zero-order valence-corrected chi connectivity index (χ0v) is 16.0. The first kappa shape index (κ1) is 21.8. The first-order valence-electron chi connectivity index (χ1n) is 9.12. The first-order chi connectivity index (χ1) is 13.9. The second-order valence-electron chi connectivity index (χ2n) is 6.20. The number of anilines is 1. The van der Waals surface area contributed by atoms with Crippen molar-refractivity contribution in [1.29, 1.82) is 0 Å². The maximum Gasteiger partial charge on any atom is 0.321 e. The third kappa shape index (κ3) is 6.89. The molecule has 0 spiro atoms. The Labute approximate surface area is 167 Å². The maximum absolute atomic E-state index is 12.3. The Bertz CT molecular complexity index is 857. The average Bonchev–Trinajstić information content (AvgIpc) is 2.69. The zero-order chi connectivity index (χ0) is 21.2. The number of hydrogen-bond acceptors (Lipinski definition) is 6. The Morgan fingerprint density at radius 1 is 1.21 bits per heavy atom. The monoisotopic (exact) mass is 401 g/mol. The Kier molecular flexibility index (Phi) is 8.11. The minimum atomic E-state index is -1.17. The van der Waals surface area contributed by atoms with E-state index in [1.165, 1.54) is 18.2 Å². The first-order valence-corrected chi connectivity index (χ1v) is 9.12. The maximum atomic E-state index is 12.3. The van der Waals surface area contributed by atoms with Crippen molar-refractivity contribution in [3.63, 3.8) is 0 Å². The molecule has 9 heteroatoms. The van der Waals surface area contributed by atoms with E-state index < -0.39 is 22.8 Å². The molecule has 2 rings (SSSR count). The summed E-state index contributed by atoms with van der Waals surface area (Å²) in [6.45, 7) is 2.47. The van der Waals surface area contributed by atoms with E-state index in [-0.39, 0.29) is 17.8 Å². The van der Waals surface area contributed by atoms with Gasteiger partial charge in [-0.15, -0.1) is 0 Å². The summed E-state index contributed by atoms with van der Waals surface area (Å²) in [5.74, 6) is -1.51. The molecule has 1 unspecified atom stereocenters. The van der Waals surface area contributed by atoms with Crippen molar-refractivity contribution in [2.24, 2.45) is 0 Å². The number of nitrogens with zero attached hydrogens (tertiary/aromatic N) is 1. The summed E-state index contributed by atoms with van der Waals surface area (Å²) in [5.41, 5.74) is 0.698. The standard InChI is InChI=1S/C20H23N3O6/c1-2-29-15-8-9-16(18(12-15)23(27)28)22-19(24)13-17(20(25)26)21-11-10-14-6-4-3-5-7-14/h3-9,12,17,21H,2,10-11,13H2,1H3,(H,22,24)(H,25,26). The molecule has 0 aliphatic rings. The van der Waals surface area contributed by atoms with Gasteiger partial charge in [0.25, 0.3) is 5.69 Å². The van der Waals surface area contributed by atoms with Crippen molar-refractivity contribution in [1.82, 2.24) is 5.32 Å². The highest BCUT2D eigenvalue weighted by molar-refractivity contribution is 5.96. The van der Waals surface area contributed by atoms with Crippen LogP contribution >= 0.6 is 0 Å². The fourth-order valence-electron chi connectivity index (χ4n) is 2.69. The molecule has 0 radical (unpaired) electrons. The molecule has 0 fully saturated rings. The van der Waals surface area contributed by atoms with Gasteiger partial charge in [-0.25, -0.2) is 0 Å². The molecule has 0 aliphatic carbocycles. The molecular weight excluding hydrogens is 378 g/mol. The largest absolute Gasteiger partial charge is 0.494 e. The summed E-state index contributed by atoms with van der Waals surface area (Å²) in [4.78, 5) is 34.4. The van der Waals surface area contributed by atoms with Gasteiger partial charge in [-0.05, 0) is 37.6 Å². The van der Waals surface area contributed by atoms with E-state index in [1.54, 1.807) is 6.92 Å². The van der Waals surface area contributed by atoms with E-state index in [1.807, 2.05) is 30.3 Å². The topological polar surface area (TPSA) is 131 Å². The van der Waals surface area contributed by atoms with Gasteiger partial charge in [0.05, 0.1) is 24.0 Å². The zero-order valence-electron chi connectivity index (χ0n) is 16.0. The van der Waals surface area contributed by atoms with Crippen molar-refractivity contribution in [3.8, 4) is 5.75 Å². The van der Waals surface area contributed by atoms with Crippen LogP contribution < -0.4 is 15.4 Å². The van der Waals surface area contributed by atoms with Crippen LogP contribution in [0.4, 0.5) is 11.4 Å². The van der Waals surface area contributed by atoms with Gasteiger partial charge in [0.15, 0.2) is 0 Å². The number of carboxylic acid groups (broad SMARTS) is 1. The van der Waals surface area contributed by atoms with Crippen LogP contribution in [0.15, 0.2) is 48.5 Å². The van der Waals surface area contributed by atoms with Crippen molar-refractivity contribution in [3.05, 3.63) is 64.2 Å². The van der Waals surface area contributed by atoms with E-state index in [4.69, 9.17) is 4.74 Å². The number of amides is 1. The second-order valence-corrected chi connectivity index (χ2v) is 6.20. The van der Waals surface area contributed by atoms with Gasteiger partial charge in [-0.1, -0.05) is 30.3 Å². The van der Waals surface area contributed by atoms with E-state index in [0.717, 1.165) is 5.56 Å². The SMILES string of the molecule is CCOc1ccc(NC(=O)CC(NCCc2ccccc2)C(=O)O)c([N+](=O)[O-])c1. The van der Waals surface area contributed by atoms with Gasteiger partial charge in [0.2, 0.25) is 5.91 Å². The van der Waals surface area contributed by atoms with Gasteiger partial charge < -0.3 is 20.5 Å². The summed E-state index contributed by atoms with van der Waals surface area (Å²) in [6.07, 6.45) is 0.241. The van der Waals surface area contributed by atoms with Gasteiger partial charge in [0, 0.05) is 0 Å². The van der Waals surface area contributed by atoms with Crippen LogP contribution in [0.3, 0.4) is 0 Å². The minimum absolute atomic E-state index is 0.0168. The van der Waals surface area contributed by atoms with Crippen molar-refractivity contribution in [2.75, 3.05) is 18.5 Å². The third-order valence-electron chi connectivity index (χ3n) is 4.09. The van der Waals surface area contributed by atoms with Gasteiger partial charge in [-0.3, -0.25) is 19.7 Å². The molecule has 2 aromatic carbocycles. The fourth-order valence-corrected chi connectivity index (χ4v) is 2.69. The van der Waals surface area contributed by atoms with Crippen LogP contribution in [0.25, 0.3) is 0 Å². The molecule has 3 N–H and O–H groups in total. The normalized spacial score (nSPS) is 11.5. The van der Waals surface area contributed by atoms with Crippen LogP contribution in [-0.4, -0.2) is 41.1 Å². The smallest absolute Gasteiger partial charge is 0.321 e. The molecule has 1 amide bonds. The number of ether oxygens (including phenoxy) is 1. The fraction of sp³-hybridized carbons (Fsp3) is 0.300. The number of nitro benzene ring substituents is 1. The molecule has 0 bridgehead atoms. The molecule has 0 aliphatic heterocycles. The quantitative estimate of drug-likeness (QED) is 0.390. The van der Waals surface area contributed by atoms with Crippen LogP contribution in [0, 0.1) is 10.1 Å². The highest BCUT2D eigenvalue weighted by Crippen LogP contribution is 2.29. The van der Waals surface area contributed by atoms with E-state index in [9.17, 15) is 24.8 Å². The molecule has 1 atom stereocenters. The second kappa shape index (κ2) is 10.8. The molecule has 0 saturated heterocycles. The van der Waals surface area contributed by atoms with Crippen molar-refractivity contribution < 1.29 is 24.4 Å². The molecule has 9 nitrogen and oxygen atoms in total. The van der Waals surface area contributed by atoms with Gasteiger partial charge >= 0.3 is 5.97 Å². The number of hydrogen-bond donors (Lipinski definition) is 3. The Hall–Kier alpha value is -3.46. The van der Waals surface area contributed by atoms with Gasteiger partial charge in [0.1, 0.15) is 17.5 Å². The summed E-state index contributed by atoms with van der Waals surface area (Å²) in [7, 11) is 0. The van der Waals surface area contributed by atoms with E-state index in [0.29, 0.717) is 25.3 Å². The van der Waals surface area contributed by atoms with Crippen LogP contribution in [0.2, 0.25) is 0 Å². The highest BCUT2D eigenvalue weighted by Gasteiger charge is 2.23. The van der Waals surface area contributed by atoms with Crippen molar-refractivity contribution >= 4 is 23.3 Å². The number of carboxylic acids is 1. The lowest BCUT2D eigenvalue weighted by Gasteiger charge is -2.15. The number of carbonyl (C=O) groups is 2. The molecule has 0 heterocycles. The summed E-state index contributed by atoms with van der Waals surface area (Å²) < 4.78 is 5.23. The lowest BCUT2D eigenvalue weighted by atomic mass is 10.1. The Morgan fingerprint density at radius 2 is 1.93 bits per heavy atom. The number of carbonyl (C=O) groups excluding carboxylic acids is 1. The lowest BCUT2D eigenvalue weighted by Crippen LogP contribution is -2.40. The Balaban J connectivity index is 1.97. The lowest BCUT2D eigenvalue weighted by molar-refractivity contribution is -0.384. The summed E-state index contributed by atoms with van der Waals surface area (Å²) in [5, 5.41) is 25.9. The third-order valence-corrected chi connectivity index (χ3v) is 4.09. The number of rotatable bonds is 11. The molecule has 0 saturated carbocycles. The van der Waals surface area contributed by atoms with Crippen LogP contribution in [-0.2, 0) is 16.0 Å². The van der Waals surface area contributed by atoms with Crippen molar-refractivity contribution in [2.45, 2.75) is 25.8 Å². The average molecular weight is 401 g/mol. The molecule has 2 aromatic rings. The Morgan fingerprint density at radius 3 is 2.55 bits per heavy atom.